The molecule has 2 atom stereocenters. The van der Waals surface area contributed by atoms with Crippen molar-refractivity contribution in [1.82, 2.24) is 0 Å². The van der Waals surface area contributed by atoms with Gasteiger partial charge in [0.1, 0.15) is 6.61 Å². The number of ether oxygens (including phenoxy) is 1. The molecular weight excluding hydrogens is 216 g/mol. The van der Waals surface area contributed by atoms with E-state index in [9.17, 15) is 9.90 Å². The number of esters is 1. The molecule has 1 fully saturated rings. The van der Waals surface area contributed by atoms with Gasteiger partial charge in [0.25, 0.3) is 0 Å². The average Bonchev–Trinajstić information content (AvgIpc) is 2.60. The molecule has 1 heterocycles. The standard InChI is InChI=1S/C14H18O3/c1-13(2)6-3-7-14(16)10-8-17-12(15)9(10)4-5-11(13)14/h4-5,11,16H,3,6-8H2,1-2H3. The van der Waals surface area contributed by atoms with Gasteiger partial charge in [-0.2, -0.15) is 0 Å². The minimum Gasteiger partial charge on any atom is -0.457 e. The van der Waals surface area contributed by atoms with Crippen molar-refractivity contribution in [3.63, 3.8) is 0 Å². The van der Waals surface area contributed by atoms with E-state index in [1.54, 1.807) is 0 Å². The van der Waals surface area contributed by atoms with E-state index in [0.717, 1.165) is 24.8 Å². The Morgan fingerprint density at radius 1 is 1.41 bits per heavy atom. The highest BCUT2D eigenvalue weighted by molar-refractivity contribution is 5.95. The second-order valence-electron chi connectivity index (χ2n) is 6.07. The molecule has 0 spiro atoms. The second-order valence-corrected chi connectivity index (χ2v) is 6.07. The van der Waals surface area contributed by atoms with E-state index < -0.39 is 5.60 Å². The maximum absolute atomic E-state index is 11.5. The Balaban J connectivity index is 2.09. The van der Waals surface area contributed by atoms with Crippen molar-refractivity contribution >= 4 is 5.97 Å². The molecule has 92 valence electrons. The Kier molecular flexibility index (Phi) is 2.09. The lowest BCUT2D eigenvalue weighted by Gasteiger charge is -2.50. The van der Waals surface area contributed by atoms with E-state index in [4.69, 9.17) is 4.74 Å². The second kappa shape index (κ2) is 3.22. The molecule has 0 aromatic rings. The van der Waals surface area contributed by atoms with Crippen molar-refractivity contribution in [3.8, 4) is 0 Å². The summed E-state index contributed by atoms with van der Waals surface area (Å²) in [4.78, 5) is 11.5. The van der Waals surface area contributed by atoms with Crippen LogP contribution in [0.4, 0.5) is 0 Å². The summed E-state index contributed by atoms with van der Waals surface area (Å²) >= 11 is 0. The van der Waals surface area contributed by atoms with Crippen molar-refractivity contribution in [3.05, 3.63) is 23.3 Å². The van der Waals surface area contributed by atoms with Crippen LogP contribution in [-0.2, 0) is 9.53 Å². The Hall–Kier alpha value is -1.09. The highest BCUT2D eigenvalue weighted by Crippen LogP contribution is 2.53. The number of hydrogen-bond donors (Lipinski definition) is 1. The number of aliphatic hydroxyl groups is 1. The van der Waals surface area contributed by atoms with Crippen LogP contribution >= 0.6 is 0 Å². The van der Waals surface area contributed by atoms with Crippen LogP contribution in [0, 0.1) is 11.3 Å². The van der Waals surface area contributed by atoms with Crippen LogP contribution in [0.15, 0.2) is 23.3 Å². The molecule has 0 aromatic heterocycles. The van der Waals surface area contributed by atoms with E-state index >= 15 is 0 Å². The van der Waals surface area contributed by atoms with Gasteiger partial charge in [0, 0.05) is 11.5 Å². The zero-order valence-electron chi connectivity index (χ0n) is 10.3. The van der Waals surface area contributed by atoms with Crippen molar-refractivity contribution in [2.75, 3.05) is 6.61 Å². The largest absolute Gasteiger partial charge is 0.457 e. The lowest BCUT2D eigenvalue weighted by Crippen LogP contribution is -2.51. The number of cyclic esters (lactones) is 1. The Morgan fingerprint density at radius 2 is 2.18 bits per heavy atom. The molecule has 1 N–H and O–H groups in total. The van der Waals surface area contributed by atoms with Gasteiger partial charge in [0.15, 0.2) is 0 Å². The van der Waals surface area contributed by atoms with E-state index in [2.05, 4.69) is 13.8 Å². The SMILES string of the molecule is CC1(C)CCCC2(O)C3=C(C=CC12)C(=O)OC3. The van der Waals surface area contributed by atoms with Crippen LogP contribution in [0.3, 0.4) is 0 Å². The van der Waals surface area contributed by atoms with Crippen LogP contribution < -0.4 is 0 Å². The fourth-order valence-electron chi connectivity index (χ4n) is 3.66. The molecule has 3 rings (SSSR count). The lowest BCUT2D eigenvalue weighted by molar-refractivity contribution is -0.135. The van der Waals surface area contributed by atoms with Gasteiger partial charge in [-0.05, 0) is 24.7 Å². The Labute approximate surface area is 101 Å². The van der Waals surface area contributed by atoms with Gasteiger partial charge in [-0.3, -0.25) is 0 Å². The van der Waals surface area contributed by atoms with Gasteiger partial charge in [0.2, 0.25) is 0 Å². The first-order valence-corrected chi connectivity index (χ1v) is 6.26. The van der Waals surface area contributed by atoms with E-state index in [-0.39, 0.29) is 23.9 Å². The third-order valence-corrected chi connectivity index (χ3v) is 4.61. The lowest BCUT2D eigenvalue weighted by atomic mass is 9.57. The number of rotatable bonds is 0. The molecule has 0 amide bonds. The quantitative estimate of drug-likeness (QED) is 0.652. The Morgan fingerprint density at radius 3 is 2.94 bits per heavy atom. The summed E-state index contributed by atoms with van der Waals surface area (Å²) in [6, 6.07) is 0. The third kappa shape index (κ3) is 1.35. The van der Waals surface area contributed by atoms with E-state index in [1.807, 2.05) is 12.2 Å². The number of carbonyl (C=O) groups excluding carboxylic acids is 1. The summed E-state index contributed by atoms with van der Waals surface area (Å²) < 4.78 is 5.06. The molecule has 0 bridgehead atoms. The van der Waals surface area contributed by atoms with Crippen LogP contribution in [0.5, 0.6) is 0 Å². The molecule has 3 aliphatic rings. The molecule has 1 aliphatic heterocycles. The van der Waals surface area contributed by atoms with Gasteiger partial charge >= 0.3 is 5.97 Å². The van der Waals surface area contributed by atoms with Crippen molar-refractivity contribution in [2.24, 2.45) is 11.3 Å². The summed E-state index contributed by atoms with van der Waals surface area (Å²) in [5.74, 6) is -0.191. The maximum Gasteiger partial charge on any atom is 0.338 e. The third-order valence-electron chi connectivity index (χ3n) is 4.61. The van der Waals surface area contributed by atoms with Crippen molar-refractivity contribution in [2.45, 2.75) is 38.7 Å². The number of fused-ring (bicyclic) bond motifs is 2. The minimum absolute atomic E-state index is 0.0771. The molecule has 1 saturated carbocycles. The molecule has 0 radical (unpaired) electrons. The summed E-state index contributed by atoms with van der Waals surface area (Å²) in [5.41, 5.74) is 0.607. The molecule has 3 nitrogen and oxygen atoms in total. The van der Waals surface area contributed by atoms with Gasteiger partial charge in [-0.15, -0.1) is 0 Å². The molecule has 0 aromatic carbocycles. The van der Waals surface area contributed by atoms with Gasteiger partial charge < -0.3 is 9.84 Å². The zero-order chi connectivity index (χ0) is 12.3. The van der Waals surface area contributed by atoms with Crippen LogP contribution in [-0.4, -0.2) is 23.3 Å². The normalized spacial score (nSPS) is 38.8. The Bertz CT molecular complexity index is 444. The zero-order valence-corrected chi connectivity index (χ0v) is 10.3. The van der Waals surface area contributed by atoms with Crippen LogP contribution in [0.25, 0.3) is 0 Å². The monoisotopic (exact) mass is 234 g/mol. The predicted molar refractivity (Wildman–Crippen MR) is 63.2 cm³/mol. The van der Waals surface area contributed by atoms with Crippen molar-refractivity contribution in [1.29, 1.82) is 0 Å². The summed E-state index contributed by atoms with van der Waals surface area (Å²) in [7, 11) is 0. The predicted octanol–water partition coefficient (Wildman–Crippen LogP) is 1.97. The number of carbonyl (C=O) groups is 1. The first kappa shape index (κ1) is 11.0. The van der Waals surface area contributed by atoms with Gasteiger partial charge in [-0.25, -0.2) is 4.79 Å². The highest BCUT2D eigenvalue weighted by atomic mass is 16.5. The molecule has 0 saturated heterocycles. The van der Waals surface area contributed by atoms with E-state index in [1.165, 1.54) is 0 Å². The fourth-order valence-corrected chi connectivity index (χ4v) is 3.66. The molecule has 2 aliphatic carbocycles. The van der Waals surface area contributed by atoms with E-state index in [0.29, 0.717) is 5.57 Å². The minimum atomic E-state index is -0.863. The first-order chi connectivity index (χ1) is 7.95. The summed E-state index contributed by atoms with van der Waals surface area (Å²) in [6.07, 6.45) is 6.70. The average molecular weight is 234 g/mol. The fraction of sp³-hybridized carbons (Fsp3) is 0.643. The first-order valence-electron chi connectivity index (χ1n) is 6.26. The molecular formula is C14H18O3. The maximum atomic E-state index is 11.5. The van der Waals surface area contributed by atoms with Crippen molar-refractivity contribution < 1.29 is 14.6 Å². The van der Waals surface area contributed by atoms with Crippen LogP contribution in [0.1, 0.15) is 33.1 Å². The summed E-state index contributed by atoms with van der Waals surface area (Å²) in [5, 5.41) is 11.0. The van der Waals surface area contributed by atoms with Gasteiger partial charge in [-0.1, -0.05) is 26.0 Å². The van der Waals surface area contributed by atoms with Crippen LogP contribution in [0.2, 0.25) is 0 Å². The molecule has 2 unspecified atom stereocenters. The highest BCUT2D eigenvalue weighted by Gasteiger charge is 2.53. The molecule has 3 heteroatoms. The summed E-state index contributed by atoms with van der Waals surface area (Å²) in [6.45, 7) is 4.65. The smallest absolute Gasteiger partial charge is 0.338 e. The topological polar surface area (TPSA) is 46.5 Å². The van der Waals surface area contributed by atoms with Gasteiger partial charge in [0.05, 0.1) is 11.2 Å². The number of hydrogen-bond acceptors (Lipinski definition) is 3. The molecule has 17 heavy (non-hydrogen) atoms.